The van der Waals surface area contributed by atoms with Gasteiger partial charge in [-0.1, -0.05) is 18.0 Å². The highest BCUT2D eigenvalue weighted by atomic mass is 79.9. The van der Waals surface area contributed by atoms with Crippen molar-refractivity contribution < 1.29 is 88.2 Å². The Labute approximate surface area is 434 Å². The van der Waals surface area contributed by atoms with Gasteiger partial charge in [0.15, 0.2) is 11.5 Å². The Bertz CT molecular complexity index is 1890. The number of halogens is 4. The van der Waals surface area contributed by atoms with E-state index in [1.807, 2.05) is 30.3 Å². The van der Waals surface area contributed by atoms with Crippen molar-refractivity contribution in [3.05, 3.63) is 52.2 Å². The largest absolute Gasteiger partial charge is 1.00 e. The van der Waals surface area contributed by atoms with E-state index in [2.05, 4.69) is 78.5 Å². The van der Waals surface area contributed by atoms with Crippen molar-refractivity contribution in [2.24, 2.45) is 0 Å². The van der Waals surface area contributed by atoms with Crippen molar-refractivity contribution in [3.8, 4) is 17.2 Å². The van der Waals surface area contributed by atoms with Gasteiger partial charge < -0.3 is 83.9 Å². The van der Waals surface area contributed by atoms with E-state index in [9.17, 15) is 9.59 Å². The number of fused-ring (bicyclic) bond motifs is 2. The Morgan fingerprint density at radius 3 is 1.67 bits per heavy atom. The summed E-state index contributed by atoms with van der Waals surface area (Å²) in [5.74, 6) is 1.41. The summed E-state index contributed by atoms with van der Waals surface area (Å²) >= 11 is 6.30. The van der Waals surface area contributed by atoms with Gasteiger partial charge in [-0.25, -0.2) is 0 Å². The molecule has 0 radical (unpaired) electrons. The number of unbranched alkanes of at least 4 members (excludes halogenated alkanes) is 2. The maximum atomic E-state index is 14.1. The van der Waals surface area contributed by atoms with Crippen LogP contribution in [0.2, 0.25) is 5.02 Å². The van der Waals surface area contributed by atoms with Gasteiger partial charge in [0.1, 0.15) is 45.2 Å². The highest BCUT2D eigenvalue weighted by Crippen LogP contribution is 2.37. The average molecular weight is 1140 g/mol. The maximum Gasteiger partial charge on any atom is 0.255 e. The predicted molar refractivity (Wildman–Crippen MR) is 259 cm³/mol. The summed E-state index contributed by atoms with van der Waals surface area (Å²) in [6.45, 7) is 33.9. The van der Waals surface area contributed by atoms with E-state index in [1.165, 1.54) is 5.56 Å². The number of carbonyl (C=O) groups is 2. The minimum atomic E-state index is -0.209. The highest BCUT2D eigenvalue weighted by molar-refractivity contribution is 6.31. The van der Waals surface area contributed by atoms with Gasteiger partial charge in [-0.15, -0.1) is 0 Å². The fourth-order valence-corrected chi connectivity index (χ4v) is 9.33. The lowest BCUT2D eigenvalue weighted by Gasteiger charge is -2.36. The quantitative estimate of drug-likeness (QED) is 0.0490. The molecule has 0 saturated carbocycles. The van der Waals surface area contributed by atoms with Crippen molar-refractivity contribution >= 4 is 40.0 Å². The molecule has 2 aromatic carbocycles. The molecule has 2 amide bonds. The number of aryl methyl sites for hydroxylation is 1. The third-order valence-electron chi connectivity index (χ3n) is 14.7. The summed E-state index contributed by atoms with van der Waals surface area (Å²) < 4.78 is 22.5. The minimum absolute atomic E-state index is 0. The van der Waals surface area contributed by atoms with Crippen molar-refractivity contribution in [2.45, 2.75) is 114 Å². The zero-order chi connectivity index (χ0) is 45.9. The highest BCUT2D eigenvalue weighted by Gasteiger charge is 2.27. The van der Waals surface area contributed by atoms with Crippen molar-refractivity contribution in [3.63, 3.8) is 0 Å². The second kappa shape index (κ2) is 31.0. The number of ether oxygens (including phenoxy) is 3. The number of carbonyl (C=O) groups excluding carboxylic acids is 2. The van der Waals surface area contributed by atoms with Crippen LogP contribution < -0.4 is 81.3 Å². The van der Waals surface area contributed by atoms with Crippen molar-refractivity contribution in [1.29, 1.82) is 0 Å². The number of quaternary nitrogens is 3. The zero-order valence-electron chi connectivity index (χ0n) is 41.7. The van der Waals surface area contributed by atoms with E-state index >= 15 is 0 Å². The SMILES string of the molecule is CC[N+](CC)(CC)CCOc1cc(OCC[N+](CC)(CC)CC)c(C(=O)NCCCCCC(=O)NNc2c3c(nc4cc(Cl)ccc24)CCCC3)cc1OCC[N+](CC)(CC)CC.[Br-].[Br-].[Br-]. The molecule has 1 heterocycles. The van der Waals surface area contributed by atoms with E-state index in [4.69, 9.17) is 30.8 Å². The molecular formula is C50H83Br3ClN7O5. The zero-order valence-corrected chi connectivity index (χ0v) is 47.2. The van der Waals surface area contributed by atoms with E-state index in [0.717, 1.165) is 153 Å². The van der Waals surface area contributed by atoms with Crippen LogP contribution in [0.15, 0.2) is 30.3 Å². The van der Waals surface area contributed by atoms with E-state index in [-0.39, 0.29) is 62.8 Å². The number of likely N-dealkylation sites (N-methyl/N-ethyl adjacent to an activating group) is 3. The number of nitrogens with zero attached hydrogens (tertiary/aromatic N) is 4. The smallest absolute Gasteiger partial charge is 0.255 e. The molecule has 4 rings (SSSR count). The Morgan fingerprint density at radius 2 is 1.14 bits per heavy atom. The molecule has 376 valence electrons. The van der Waals surface area contributed by atoms with Crippen LogP contribution in [0.1, 0.15) is 122 Å². The molecule has 0 unspecified atom stereocenters. The summed E-state index contributed by atoms with van der Waals surface area (Å²) in [5.41, 5.74) is 10.6. The molecule has 1 aliphatic carbocycles. The molecule has 12 nitrogen and oxygen atoms in total. The standard InChI is InChI=1S/C50H81ClN7O5.3BrH/c1-10-56(11-2,12-3)30-33-61-45-38-47(63-35-32-58(16-7,17-8)18-9)46(62-34-31-57(13-4,14-5)15-6)37-42(45)50(60)52-29-23-19-20-26-48(59)54-55-49-40-24-21-22-25-43(40)53-44-36-39(51)27-28-41(44)49;;;/h27-28,36-38H,10-26,29-35H2,1-9H3,(H-2,52,53,54,55,59,60);3*1H/q+1;;;/p-1. The molecule has 0 saturated heterocycles. The van der Waals surface area contributed by atoms with Gasteiger partial charge in [0.05, 0.1) is 75.7 Å². The normalized spacial score (nSPS) is 12.5. The number of rotatable bonds is 30. The first-order valence-electron chi connectivity index (χ1n) is 24.5. The lowest BCUT2D eigenvalue weighted by molar-refractivity contribution is -0.923. The monoisotopic (exact) mass is 1130 g/mol. The fraction of sp³-hybridized carbons (Fsp3) is 0.660. The number of aromatic nitrogens is 1. The van der Waals surface area contributed by atoms with E-state index < -0.39 is 0 Å². The molecule has 0 spiro atoms. The van der Waals surface area contributed by atoms with Gasteiger partial charge in [0.2, 0.25) is 5.91 Å². The van der Waals surface area contributed by atoms with Gasteiger partial charge in [0.25, 0.3) is 5.91 Å². The molecule has 3 N–H and O–H groups in total. The second-order valence-corrected chi connectivity index (χ2v) is 17.8. The van der Waals surface area contributed by atoms with Gasteiger partial charge in [-0.2, -0.15) is 0 Å². The number of benzene rings is 2. The van der Waals surface area contributed by atoms with Crippen LogP contribution >= 0.6 is 11.6 Å². The number of pyridine rings is 1. The number of nitrogens with one attached hydrogen (secondary N) is 3. The molecule has 0 fully saturated rings. The number of amides is 2. The molecule has 0 bridgehead atoms. The topological polar surface area (TPSA) is 111 Å². The van der Waals surface area contributed by atoms with Crippen LogP contribution in [0.3, 0.4) is 0 Å². The molecular weight excluding hydrogens is 1050 g/mol. The summed E-state index contributed by atoms with van der Waals surface area (Å²) in [4.78, 5) is 32.0. The van der Waals surface area contributed by atoms with Crippen LogP contribution in [-0.2, 0) is 17.6 Å². The number of hydrogen-bond acceptors (Lipinski definition) is 7. The van der Waals surface area contributed by atoms with Crippen LogP contribution in [0, 0.1) is 0 Å². The third kappa shape index (κ3) is 16.9. The molecule has 0 atom stereocenters. The van der Waals surface area contributed by atoms with Crippen LogP contribution in [0.4, 0.5) is 5.69 Å². The summed E-state index contributed by atoms with van der Waals surface area (Å²) in [7, 11) is 0. The van der Waals surface area contributed by atoms with Crippen molar-refractivity contribution in [2.75, 3.05) is 110 Å². The fourth-order valence-electron chi connectivity index (χ4n) is 9.17. The lowest BCUT2D eigenvalue weighted by atomic mass is 9.93. The Kier molecular flexibility index (Phi) is 28.9. The first-order valence-corrected chi connectivity index (χ1v) is 24.9. The third-order valence-corrected chi connectivity index (χ3v) is 15.0. The van der Waals surface area contributed by atoms with Gasteiger partial charge in [0, 0.05) is 41.2 Å². The van der Waals surface area contributed by atoms with E-state index in [1.54, 1.807) is 0 Å². The second-order valence-electron chi connectivity index (χ2n) is 17.4. The van der Waals surface area contributed by atoms with Gasteiger partial charge in [-0.05, 0) is 125 Å². The average Bonchev–Trinajstić information content (AvgIpc) is 3.31. The predicted octanol–water partition coefficient (Wildman–Crippen LogP) is -0.0216. The Balaban J connectivity index is 0.00000726. The number of hydrazine groups is 1. The summed E-state index contributed by atoms with van der Waals surface area (Å²) in [6, 6.07) is 9.42. The van der Waals surface area contributed by atoms with Crippen LogP contribution in [0.25, 0.3) is 10.9 Å². The van der Waals surface area contributed by atoms with Crippen LogP contribution in [0.5, 0.6) is 17.2 Å². The molecule has 1 aliphatic rings. The Hall–Kier alpha value is -2.40. The number of anilines is 1. The lowest BCUT2D eigenvalue weighted by Crippen LogP contribution is -3.00. The van der Waals surface area contributed by atoms with E-state index in [0.29, 0.717) is 67.0 Å². The summed E-state index contributed by atoms with van der Waals surface area (Å²) in [5, 5.41) is 4.75. The molecule has 0 aliphatic heterocycles. The van der Waals surface area contributed by atoms with Gasteiger partial charge >= 0.3 is 0 Å². The van der Waals surface area contributed by atoms with Gasteiger partial charge in [-0.3, -0.25) is 25.4 Å². The molecule has 3 aromatic rings. The minimum Gasteiger partial charge on any atom is -1.00 e. The molecule has 66 heavy (non-hydrogen) atoms. The Morgan fingerprint density at radius 1 is 0.636 bits per heavy atom. The first-order chi connectivity index (χ1) is 30.4. The summed E-state index contributed by atoms with van der Waals surface area (Å²) in [6.07, 6.45) is 6.64. The maximum absolute atomic E-state index is 14.1. The van der Waals surface area contributed by atoms with Crippen LogP contribution in [-0.4, -0.2) is 135 Å². The first kappa shape index (κ1) is 61.6. The van der Waals surface area contributed by atoms with Crippen molar-refractivity contribution in [1.82, 2.24) is 15.7 Å². The molecule has 16 heteroatoms. The number of hydrogen-bond donors (Lipinski definition) is 3. The molecule has 1 aromatic heterocycles.